The normalized spacial score (nSPS) is 16.3. The quantitative estimate of drug-likeness (QED) is 0.781. The first-order valence-corrected chi connectivity index (χ1v) is 8.93. The first kappa shape index (κ1) is 17.8. The van der Waals surface area contributed by atoms with Crippen LogP contribution in [0, 0.1) is 19.7 Å². The highest BCUT2D eigenvalue weighted by Crippen LogP contribution is 2.23. The van der Waals surface area contributed by atoms with Gasteiger partial charge in [0.05, 0.1) is 12.2 Å². The molecule has 2 heterocycles. The summed E-state index contributed by atoms with van der Waals surface area (Å²) in [5, 5.41) is 0. The largest absolute Gasteiger partial charge is 0.315 e. The summed E-state index contributed by atoms with van der Waals surface area (Å²) < 4.78 is 16.0. The molecule has 1 aliphatic heterocycles. The fraction of sp³-hybridized carbons (Fsp3) is 0.450. The number of benzene rings is 1. The maximum atomic E-state index is 14.2. The summed E-state index contributed by atoms with van der Waals surface area (Å²) in [6.45, 7) is 11.3. The minimum atomic E-state index is -0.279. The van der Waals surface area contributed by atoms with Crippen molar-refractivity contribution in [3.8, 4) is 5.69 Å². The van der Waals surface area contributed by atoms with Crippen LogP contribution in [0.25, 0.3) is 5.69 Å². The molecule has 0 spiro atoms. The average molecular weight is 343 g/mol. The molecular formula is C20H26FN3O. The number of carbonyl (C=O) groups is 1. The molecule has 2 aromatic rings. The summed E-state index contributed by atoms with van der Waals surface area (Å²) in [7, 11) is 0. The Morgan fingerprint density at radius 2 is 1.72 bits per heavy atom. The van der Waals surface area contributed by atoms with E-state index in [0.717, 1.165) is 44.1 Å². The van der Waals surface area contributed by atoms with Gasteiger partial charge in [-0.25, -0.2) is 4.39 Å². The van der Waals surface area contributed by atoms with Crippen LogP contribution in [0.2, 0.25) is 0 Å². The van der Waals surface area contributed by atoms with Crippen LogP contribution >= 0.6 is 0 Å². The molecule has 0 N–H and O–H groups in total. The second kappa shape index (κ2) is 7.50. The molecule has 1 aliphatic rings. The lowest BCUT2D eigenvalue weighted by atomic mass is 10.1. The van der Waals surface area contributed by atoms with E-state index in [1.165, 1.54) is 6.07 Å². The number of likely N-dealkylation sites (N-methyl/N-ethyl adjacent to an activating group) is 1. The predicted molar refractivity (Wildman–Crippen MR) is 98.1 cm³/mol. The Kier molecular flexibility index (Phi) is 5.35. The van der Waals surface area contributed by atoms with E-state index in [-0.39, 0.29) is 11.6 Å². The number of carbonyl (C=O) groups excluding carboxylic acids is 1. The molecule has 1 aromatic heterocycles. The Labute approximate surface area is 148 Å². The third-order valence-electron chi connectivity index (χ3n) is 5.10. The number of ketones is 1. The molecule has 0 saturated carbocycles. The number of halogens is 1. The van der Waals surface area contributed by atoms with Crippen molar-refractivity contribution in [3.05, 3.63) is 53.1 Å². The topological polar surface area (TPSA) is 28.5 Å². The molecule has 1 aromatic carbocycles. The van der Waals surface area contributed by atoms with Crippen LogP contribution in [0.1, 0.15) is 28.7 Å². The molecule has 4 nitrogen and oxygen atoms in total. The van der Waals surface area contributed by atoms with Gasteiger partial charge in [-0.05, 0) is 38.6 Å². The molecule has 0 bridgehead atoms. The number of nitrogens with zero attached hydrogens (tertiary/aromatic N) is 3. The van der Waals surface area contributed by atoms with Crippen molar-refractivity contribution in [2.75, 3.05) is 39.3 Å². The molecule has 1 saturated heterocycles. The van der Waals surface area contributed by atoms with Gasteiger partial charge in [0.15, 0.2) is 5.78 Å². The Morgan fingerprint density at radius 3 is 2.36 bits per heavy atom. The monoisotopic (exact) mass is 343 g/mol. The van der Waals surface area contributed by atoms with Gasteiger partial charge in [-0.2, -0.15) is 0 Å². The number of hydrogen-bond acceptors (Lipinski definition) is 3. The third-order valence-corrected chi connectivity index (χ3v) is 5.10. The molecule has 0 amide bonds. The Morgan fingerprint density at radius 1 is 1.08 bits per heavy atom. The number of rotatable bonds is 5. The van der Waals surface area contributed by atoms with Crippen molar-refractivity contribution in [1.82, 2.24) is 14.4 Å². The molecule has 0 aliphatic carbocycles. The number of aromatic nitrogens is 1. The molecule has 5 heteroatoms. The van der Waals surface area contributed by atoms with E-state index in [0.29, 0.717) is 17.8 Å². The van der Waals surface area contributed by atoms with Gasteiger partial charge < -0.3 is 9.47 Å². The van der Waals surface area contributed by atoms with Gasteiger partial charge in [-0.3, -0.25) is 9.69 Å². The van der Waals surface area contributed by atoms with Crippen molar-refractivity contribution >= 4 is 5.78 Å². The zero-order valence-electron chi connectivity index (χ0n) is 15.3. The van der Waals surface area contributed by atoms with Gasteiger partial charge in [0.25, 0.3) is 0 Å². The van der Waals surface area contributed by atoms with Crippen molar-refractivity contribution in [1.29, 1.82) is 0 Å². The van der Waals surface area contributed by atoms with Crippen LogP contribution in [-0.4, -0.2) is 59.4 Å². The summed E-state index contributed by atoms with van der Waals surface area (Å²) >= 11 is 0. The average Bonchev–Trinajstić information content (AvgIpc) is 2.91. The summed E-state index contributed by atoms with van der Waals surface area (Å²) in [6, 6.07) is 8.56. The zero-order valence-corrected chi connectivity index (χ0v) is 15.3. The number of hydrogen-bond donors (Lipinski definition) is 0. The highest BCUT2D eigenvalue weighted by atomic mass is 19.1. The second-order valence-corrected chi connectivity index (χ2v) is 6.71. The maximum Gasteiger partial charge on any atom is 0.178 e. The highest BCUT2D eigenvalue weighted by Gasteiger charge is 2.22. The second-order valence-electron chi connectivity index (χ2n) is 6.71. The van der Waals surface area contributed by atoms with E-state index in [2.05, 4.69) is 16.7 Å². The zero-order chi connectivity index (χ0) is 18.0. The number of aryl methyl sites for hydroxylation is 1. The SMILES string of the molecule is CCN1CCN(CC(=O)c2cc(C)n(-c3ccccc3F)c2C)CC1. The van der Waals surface area contributed by atoms with Gasteiger partial charge >= 0.3 is 0 Å². The van der Waals surface area contributed by atoms with E-state index in [4.69, 9.17) is 0 Å². The summed E-state index contributed by atoms with van der Waals surface area (Å²) in [6.07, 6.45) is 0. The van der Waals surface area contributed by atoms with Gasteiger partial charge in [0.2, 0.25) is 0 Å². The predicted octanol–water partition coefficient (Wildman–Crippen LogP) is 3.05. The van der Waals surface area contributed by atoms with Gasteiger partial charge in [-0.1, -0.05) is 19.1 Å². The van der Waals surface area contributed by atoms with Crippen LogP contribution in [0.3, 0.4) is 0 Å². The first-order valence-electron chi connectivity index (χ1n) is 8.93. The first-order chi connectivity index (χ1) is 12.0. The van der Waals surface area contributed by atoms with Crippen molar-refractivity contribution in [2.45, 2.75) is 20.8 Å². The summed E-state index contributed by atoms with van der Waals surface area (Å²) in [5.74, 6) is -0.167. The standard InChI is InChI=1S/C20H26FN3O/c1-4-22-9-11-23(12-10-22)14-20(25)17-13-15(2)24(16(17)3)19-8-6-5-7-18(19)21/h5-8,13H,4,9-12,14H2,1-3H3. The number of piperazine rings is 1. The maximum absolute atomic E-state index is 14.2. The van der Waals surface area contributed by atoms with E-state index in [1.807, 2.05) is 30.5 Å². The molecule has 1 fully saturated rings. The fourth-order valence-electron chi connectivity index (χ4n) is 3.60. The van der Waals surface area contributed by atoms with Crippen LogP contribution < -0.4 is 0 Å². The van der Waals surface area contributed by atoms with Gasteiger partial charge in [0, 0.05) is 43.1 Å². The molecule has 25 heavy (non-hydrogen) atoms. The fourth-order valence-corrected chi connectivity index (χ4v) is 3.60. The van der Waals surface area contributed by atoms with Crippen LogP contribution in [-0.2, 0) is 0 Å². The van der Waals surface area contributed by atoms with E-state index in [1.54, 1.807) is 12.1 Å². The number of Topliss-reactive ketones (excluding diaryl/α,β-unsaturated/α-hetero) is 1. The number of para-hydroxylation sites is 1. The Bertz CT molecular complexity index is 760. The lowest BCUT2D eigenvalue weighted by molar-refractivity contribution is 0.0858. The van der Waals surface area contributed by atoms with Gasteiger partial charge in [0.1, 0.15) is 5.82 Å². The van der Waals surface area contributed by atoms with E-state index in [9.17, 15) is 9.18 Å². The smallest absolute Gasteiger partial charge is 0.178 e. The molecular weight excluding hydrogens is 317 g/mol. The molecule has 134 valence electrons. The molecule has 0 radical (unpaired) electrons. The van der Waals surface area contributed by atoms with Crippen LogP contribution in [0.5, 0.6) is 0 Å². The Balaban J connectivity index is 1.79. The van der Waals surface area contributed by atoms with Gasteiger partial charge in [-0.15, -0.1) is 0 Å². The lowest BCUT2D eigenvalue weighted by Crippen LogP contribution is -2.47. The molecule has 0 unspecified atom stereocenters. The van der Waals surface area contributed by atoms with Crippen LogP contribution in [0.15, 0.2) is 30.3 Å². The highest BCUT2D eigenvalue weighted by molar-refractivity contribution is 5.99. The lowest BCUT2D eigenvalue weighted by Gasteiger charge is -2.33. The summed E-state index contributed by atoms with van der Waals surface area (Å²) in [5.41, 5.74) is 2.87. The molecule has 3 rings (SSSR count). The minimum Gasteiger partial charge on any atom is -0.315 e. The van der Waals surface area contributed by atoms with Crippen LogP contribution in [0.4, 0.5) is 4.39 Å². The minimum absolute atomic E-state index is 0.112. The van der Waals surface area contributed by atoms with Crippen molar-refractivity contribution in [3.63, 3.8) is 0 Å². The third kappa shape index (κ3) is 3.67. The van der Waals surface area contributed by atoms with E-state index < -0.39 is 0 Å². The van der Waals surface area contributed by atoms with E-state index >= 15 is 0 Å². The van der Waals surface area contributed by atoms with Crippen molar-refractivity contribution in [2.24, 2.45) is 0 Å². The van der Waals surface area contributed by atoms with Crippen molar-refractivity contribution < 1.29 is 9.18 Å². The molecule has 0 atom stereocenters. The summed E-state index contributed by atoms with van der Waals surface area (Å²) in [4.78, 5) is 17.4. The Hall–Kier alpha value is -1.98.